The minimum atomic E-state index is 0.797. The van der Waals surface area contributed by atoms with Gasteiger partial charge in [0.15, 0.2) is 0 Å². The Hall–Kier alpha value is -2.67. The van der Waals surface area contributed by atoms with Gasteiger partial charge in [-0.1, -0.05) is 78.9 Å². The van der Waals surface area contributed by atoms with Gasteiger partial charge in [-0.05, 0) is 47.9 Å². The molecular weight excluding hydrogens is 292 g/mol. The maximum atomic E-state index is 11.3. The van der Waals surface area contributed by atoms with Gasteiger partial charge >= 0.3 is 0 Å². The zero-order chi connectivity index (χ0) is 16.6. The Balaban J connectivity index is 1.68. The third kappa shape index (κ3) is 4.42. The van der Waals surface area contributed by atoms with Gasteiger partial charge in [0, 0.05) is 5.56 Å². The lowest BCUT2D eigenvalue weighted by atomic mass is 9.96. The number of benzene rings is 3. The van der Waals surface area contributed by atoms with Crippen molar-refractivity contribution in [3.63, 3.8) is 0 Å². The average Bonchev–Trinajstić information content (AvgIpc) is 2.64. The predicted molar refractivity (Wildman–Crippen MR) is 99.5 cm³/mol. The quantitative estimate of drug-likeness (QED) is 0.543. The van der Waals surface area contributed by atoms with Crippen LogP contribution in [0.5, 0.6) is 0 Å². The Kier molecular flexibility index (Phi) is 5.57. The van der Waals surface area contributed by atoms with Gasteiger partial charge in [0.2, 0.25) is 0 Å². The molecule has 24 heavy (non-hydrogen) atoms. The third-order valence-corrected chi connectivity index (χ3v) is 4.35. The van der Waals surface area contributed by atoms with E-state index < -0.39 is 0 Å². The first-order valence-corrected chi connectivity index (χ1v) is 8.50. The van der Waals surface area contributed by atoms with Crippen LogP contribution in [0.2, 0.25) is 0 Å². The van der Waals surface area contributed by atoms with E-state index in [2.05, 4.69) is 54.6 Å². The smallest absolute Gasteiger partial charge is 0.150 e. The van der Waals surface area contributed by atoms with Crippen LogP contribution < -0.4 is 0 Å². The Morgan fingerprint density at radius 2 is 1.29 bits per heavy atom. The molecule has 0 amide bonds. The number of aryl methyl sites for hydroxylation is 2. The number of carbonyl (C=O) groups is 1. The summed E-state index contributed by atoms with van der Waals surface area (Å²) >= 11 is 0. The van der Waals surface area contributed by atoms with Gasteiger partial charge in [0.1, 0.15) is 6.29 Å². The van der Waals surface area contributed by atoms with Crippen molar-refractivity contribution in [3.8, 4) is 0 Å². The molecule has 1 nitrogen and oxygen atoms in total. The lowest BCUT2D eigenvalue weighted by Gasteiger charge is -2.09. The second kappa shape index (κ2) is 8.26. The van der Waals surface area contributed by atoms with Crippen molar-refractivity contribution in [2.24, 2.45) is 0 Å². The zero-order valence-corrected chi connectivity index (χ0v) is 13.8. The van der Waals surface area contributed by atoms with Crippen LogP contribution in [-0.2, 0) is 19.3 Å². The molecule has 0 heterocycles. The van der Waals surface area contributed by atoms with E-state index in [4.69, 9.17) is 0 Å². The van der Waals surface area contributed by atoms with Crippen LogP contribution >= 0.6 is 0 Å². The molecule has 0 bridgehead atoms. The van der Waals surface area contributed by atoms with Gasteiger partial charge in [0.05, 0.1) is 0 Å². The van der Waals surface area contributed by atoms with E-state index in [0.717, 1.165) is 43.1 Å². The maximum absolute atomic E-state index is 11.3. The molecule has 0 aliphatic carbocycles. The molecule has 0 radical (unpaired) electrons. The highest BCUT2D eigenvalue weighted by molar-refractivity contribution is 5.77. The van der Waals surface area contributed by atoms with Gasteiger partial charge < -0.3 is 0 Å². The van der Waals surface area contributed by atoms with Crippen molar-refractivity contribution in [3.05, 3.63) is 107 Å². The first-order valence-electron chi connectivity index (χ1n) is 8.50. The van der Waals surface area contributed by atoms with Crippen LogP contribution in [0.15, 0.2) is 78.9 Å². The minimum absolute atomic E-state index is 0.797. The van der Waals surface area contributed by atoms with E-state index in [-0.39, 0.29) is 0 Å². The number of rotatable bonds is 7. The van der Waals surface area contributed by atoms with Crippen molar-refractivity contribution in [2.45, 2.75) is 25.7 Å². The largest absolute Gasteiger partial charge is 0.298 e. The standard InChI is InChI=1S/C23H22O/c24-18-22-15-14-21(13-7-12-19-8-3-1-4-9-19)17-23(22)16-20-10-5-2-6-11-20/h1-6,8-11,14-15,17-18H,7,12-13,16H2. The highest BCUT2D eigenvalue weighted by Crippen LogP contribution is 2.17. The topological polar surface area (TPSA) is 17.1 Å². The van der Waals surface area contributed by atoms with Crippen LogP contribution in [-0.4, -0.2) is 6.29 Å². The number of hydrogen-bond acceptors (Lipinski definition) is 1. The molecule has 0 N–H and O–H groups in total. The summed E-state index contributed by atoms with van der Waals surface area (Å²) in [7, 11) is 0. The molecule has 0 unspecified atom stereocenters. The van der Waals surface area contributed by atoms with Gasteiger partial charge in [-0.15, -0.1) is 0 Å². The molecule has 0 aliphatic heterocycles. The molecule has 0 saturated heterocycles. The summed E-state index contributed by atoms with van der Waals surface area (Å²) in [4.78, 5) is 11.3. The fourth-order valence-corrected chi connectivity index (χ4v) is 3.04. The molecule has 0 fully saturated rings. The van der Waals surface area contributed by atoms with E-state index in [0.29, 0.717) is 0 Å². The van der Waals surface area contributed by atoms with Gasteiger partial charge in [-0.3, -0.25) is 4.79 Å². The molecule has 0 atom stereocenters. The lowest BCUT2D eigenvalue weighted by molar-refractivity contribution is 0.112. The molecule has 1 heteroatoms. The Bertz CT molecular complexity index is 776. The van der Waals surface area contributed by atoms with E-state index in [1.807, 2.05) is 24.3 Å². The molecule has 0 saturated carbocycles. The summed E-state index contributed by atoms with van der Waals surface area (Å²) in [6.45, 7) is 0. The van der Waals surface area contributed by atoms with Crippen molar-refractivity contribution in [2.75, 3.05) is 0 Å². The SMILES string of the molecule is O=Cc1ccc(CCCc2ccccc2)cc1Cc1ccccc1. The first kappa shape index (κ1) is 16.2. The van der Waals surface area contributed by atoms with E-state index in [1.54, 1.807) is 0 Å². The summed E-state index contributed by atoms with van der Waals surface area (Å²) in [5, 5.41) is 0. The summed E-state index contributed by atoms with van der Waals surface area (Å²) in [6.07, 6.45) is 5.02. The Morgan fingerprint density at radius 1 is 0.667 bits per heavy atom. The molecule has 3 aromatic carbocycles. The normalized spacial score (nSPS) is 10.5. The van der Waals surface area contributed by atoms with Crippen LogP contribution in [0, 0.1) is 0 Å². The third-order valence-electron chi connectivity index (χ3n) is 4.35. The summed E-state index contributed by atoms with van der Waals surface area (Å²) in [5.74, 6) is 0. The summed E-state index contributed by atoms with van der Waals surface area (Å²) in [6, 6.07) is 27.1. The van der Waals surface area contributed by atoms with Crippen molar-refractivity contribution in [1.29, 1.82) is 0 Å². The highest BCUT2D eigenvalue weighted by Gasteiger charge is 2.05. The van der Waals surface area contributed by atoms with E-state index in [9.17, 15) is 4.79 Å². The van der Waals surface area contributed by atoms with Gasteiger partial charge in [-0.25, -0.2) is 0 Å². The number of carbonyl (C=O) groups excluding carboxylic acids is 1. The fraction of sp³-hybridized carbons (Fsp3) is 0.174. The second-order valence-electron chi connectivity index (χ2n) is 6.15. The van der Waals surface area contributed by atoms with Crippen molar-refractivity contribution < 1.29 is 4.79 Å². The molecule has 0 aromatic heterocycles. The second-order valence-corrected chi connectivity index (χ2v) is 6.15. The predicted octanol–water partition coefficient (Wildman–Crippen LogP) is 5.27. The molecule has 0 spiro atoms. The summed E-state index contributed by atoms with van der Waals surface area (Å²) in [5.41, 5.74) is 5.84. The molecule has 3 rings (SSSR count). The van der Waals surface area contributed by atoms with Crippen LogP contribution in [0.4, 0.5) is 0 Å². The van der Waals surface area contributed by atoms with Crippen molar-refractivity contribution >= 4 is 6.29 Å². The Morgan fingerprint density at radius 3 is 1.96 bits per heavy atom. The van der Waals surface area contributed by atoms with Crippen LogP contribution in [0.1, 0.15) is 39.0 Å². The number of aldehydes is 1. The monoisotopic (exact) mass is 314 g/mol. The van der Waals surface area contributed by atoms with E-state index in [1.165, 1.54) is 16.7 Å². The average molecular weight is 314 g/mol. The van der Waals surface area contributed by atoms with Crippen LogP contribution in [0.3, 0.4) is 0 Å². The van der Waals surface area contributed by atoms with Crippen LogP contribution in [0.25, 0.3) is 0 Å². The molecular formula is C23H22O. The highest BCUT2D eigenvalue weighted by atomic mass is 16.1. The van der Waals surface area contributed by atoms with Crippen molar-refractivity contribution in [1.82, 2.24) is 0 Å². The van der Waals surface area contributed by atoms with Gasteiger partial charge in [-0.2, -0.15) is 0 Å². The number of hydrogen-bond donors (Lipinski definition) is 0. The maximum Gasteiger partial charge on any atom is 0.150 e. The first-order chi connectivity index (χ1) is 11.8. The minimum Gasteiger partial charge on any atom is -0.298 e. The van der Waals surface area contributed by atoms with E-state index >= 15 is 0 Å². The lowest BCUT2D eigenvalue weighted by Crippen LogP contribution is -1.98. The fourth-order valence-electron chi connectivity index (χ4n) is 3.04. The molecule has 0 aliphatic rings. The zero-order valence-electron chi connectivity index (χ0n) is 13.8. The Labute approximate surface area is 144 Å². The summed E-state index contributed by atoms with van der Waals surface area (Å²) < 4.78 is 0. The molecule has 120 valence electrons. The van der Waals surface area contributed by atoms with Gasteiger partial charge in [0.25, 0.3) is 0 Å². The molecule has 3 aromatic rings.